The van der Waals surface area contributed by atoms with E-state index in [2.05, 4.69) is 15.5 Å². The van der Waals surface area contributed by atoms with Gasteiger partial charge in [0.25, 0.3) is 5.89 Å². The summed E-state index contributed by atoms with van der Waals surface area (Å²) in [5.74, 6) is 1.33. The standard InChI is InChI=1S/C14H14ClN3O2/c1-8(15)13(19)16-11-5-3-2-4-10(11)14-17-12(18-20-14)9-6-7-9/h2-5,8-9H,6-7H2,1H3,(H,16,19). The van der Waals surface area contributed by atoms with E-state index in [1.807, 2.05) is 18.2 Å². The average Bonchev–Trinajstić information content (AvgIpc) is 3.17. The van der Waals surface area contributed by atoms with Crippen LogP contribution in [0.2, 0.25) is 0 Å². The minimum Gasteiger partial charge on any atom is -0.334 e. The molecule has 104 valence electrons. The summed E-state index contributed by atoms with van der Waals surface area (Å²) < 4.78 is 5.29. The summed E-state index contributed by atoms with van der Waals surface area (Å²) in [4.78, 5) is 16.1. The number of hydrogen-bond acceptors (Lipinski definition) is 4. The Labute approximate surface area is 121 Å². The van der Waals surface area contributed by atoms with Gasteiger partial charge in [-0.05, 0) is 31.9 Å². The molecule has 0 radical (unpaired) electrons. The monoisotopic (exact) mass is 291 g/mol. The van der Waals surface area contributed by atoms with Crippen molar-refractivity contribution in [2.45, 2.75) is 31.1 Å². The van der Waals surface area contributed by atoms with Gasteiger partial charge in [0.1, 0.15) is 5.38 Å². The van der Waals surface area contributed by atoms with Crippen LogP contribution in [0.3, 0.4) is 0 Å². The Hall–Kier alpha value is -1.88. The number of nitrogens with zero attached hydrogens (tertiary/aromatic N) is 2. The fourth-order valence-electron chi connectivity index (χ4n) is 1.86. The second-order valence-corrected chi connectivity index (χ2v) is 5.54. The molecule has 2 aromatic rings. The van der Waals surface area contributed by atoms with Gasteiger partial charge in [-0.15, -0.1) is 11.6 Å². The van der Waals surface area contributed by atoms with Crippen molar-refractivity contribution in [2.75, 3.05) is 5.32 Å². The third kappa shape index (κ3) is 2.67. The predicted molar refractivity (Wildman–Crippen MR) is 75.7 cm³/mol. The summed E-state index contributed by atoms with van der Waals surface area (Å²) in [5.41, 5.74) is 1.33. The van der Waals surface area contributed by atoms with E-state index in [4.69, 9.17) is 16.1 Å². The van der Waals surface area contributed by atoms with Crippen molar-refractivity contribution in [1.82, 2.24) is 10.1 Å². The SMILES string of the molecule is CC(Cl)C(=O)Nc1ccccc1-c1nc(C2CC2)no1. The lowest BCUT2D eigenvalue weighted by Crippen LogP contribution is -2.20. The highest BCUT2D eigenvalue weighted by Gasteiger charge is 2.29. The highest BCUT2D eigenvalue weighted by Crippen LogP contribution is 2.39. The first kappa shape index (κ1) is 13.1. The van der Waals surface area contributed by atoms with E-state index in [-0.39, 0.29) is 5.91 Å². The molecule has 1 atom stereocenters. The van der Waals surface area contributed by atoms with E-state index in [0.717, 1.165) is 18.7 Å². The molecule has 1 unspecified atom stereocenters. The van der Waals surface area contributed by atoms with Crippen LogP contribution in [0.4, 0.5) is 5.69 Å². The highest BCUT2D eigenvalue weighted by molar-refractivity contribution is 6.32. The topological polar surface area (TPSA) is 68.0 Å². The van der Waals surface area contributed by atoms with E-state index >= 15 is 0 Å². The fraction of sp³-hybridized carbons (Fsp3) is 0.357. The zero-order chi connectivity index (χ0) is 14.1. The predicted octanol–water partition coefficient (Wildman–Crippen LogP) is 3.18. The molecular formula is C14H14ClN3O2. The van der Waals surface area contributed by atoms with Crippen molar-refractivity contribution in [3.63, 3.8) is 0 Å². The normalized spacial score (nSPS) is 15.9. The van der Waals surface area contributed by atoms with Crippen molar-refractivity contribution >= 4 is 23.2 Å². The van der Waals surface area contributed by atoms with Crippen LogP contribution < -0.4 is 5.32 Å². The Morgan fingerprint density at radius 2 is 2.20 bits per heavy atom. The molecule has 1 saturated carbocycles. The minimum atomic E-state index is -0.604. The first-order chi connectivity index (χ1) is 9.65. The highest BCUT2D eigenvalue weighted by atomic mass is 35.5. The summed E-state index contributed by atoms with van der Waals surface area (Å²) >= 11 is 5.77. The number of hydrogen-bond donors (Lipinski definition) is 1. The molecule has 1 aliphatic rings. The van der Waals surface area contributed by atoms with Crippen molar-refractivity contribution in [3.8, 4) is 11.5 Å². The molecular weight excluding hydrogens is 278 g/mol. The van der Waals surface area contributed by atoms with Gasteiger partial charge in [0, 0.05) is 5.92 Å². The number of anilines is 1. The van der Waals surface area contributed by atoms with Crippen LogP contribution in [0.15, 0.2) is 28.8 Å². The van der Waals surface area contributed by atoms with Crippen molar-refractivity contribution in [1.29, 1.82) is 0 Å². The van der Waals surface area contributed by atoms with E-state index in [9.17, 15) is 4.79 Å². The zero-order valence-electron chi connectivity index (χ0n) is 11.0. The lowest BCUT2D eigenvalue weighted by Gasteiger charge is -2.09. The largest absolute Gasteiger partial charge is 0.334 e. The number of amides is 1. The Kier molecular flexibility index (Phi) is 3.44. The van der Waals surface area contributed by atoms with E-state index in [1.54, 1.807) is 13.0 Å². The molecule has 1 aromatic carbocycles. The maximum atomic E-state index is 11.7. The molecule has 0 spiro atoms. The molecule has 1 heterocycles. The molecule has 5 nitrogen and oxygen atoms in total. The van der Waals surface area contributed by atoms with Gasteiger partial charge in [-0.3, -0.25) is 4.79 Å². The van der Waals surface area contributed by atoms with Crippen LogP contribution in [-0.2, 0) is 4.79 Å². The van der Waals surface area contributed by atoms with E-state index < -0.39 is 5.38 Å². The second kappa shape index (κ2) is 5.25. The van der Waals surface area contributed by atoms with Crippen LogP contribution in [0.5, 0.6) is 0 Å². The number of halogens is 1. The molecule has 1 aromatic heterocycles. The lowest BCUT2D eigenvalue weighted by atomic mass is 10.1. The molecule has 6 heteroatoms. The van der Waals surface area contributed by atoms with Gasteiger partial charge in [0.05, 0.1) is 11.3 Å². The quantitative estimate of drug-likeness (QED) is 0.879. The fourth-order valence-corrected chi connectivity index (χ4v) is 1.92. The van der Waals surface area contributed by atoms with Gasteiger partial charge in [-0.2, -0.15) is 4.98 Å². The molecule has 1 N–H and O–H groups in total. The van der Waals surface area contributed by atoms with Gasteiger partial charge in [0.2, 0.25) is 5.91 Å². The smallest absolute Gasteiger partial charge is 0.260 e. The Morgan fingerprint density at radius 1 is 1.45 bits per heavy atom. The van der Waals surface area contributed by atoms with Crippen LogP contribution in [-0.4, -0.2) is 21.4 Å². The summed E-state index contributed by atoms with van der Waals surface area (Å²) in [6.07, 6.45) is 2.22. The van der Waals surface area contributed by atoms with Gasteiger partial charge >= 0.3 is 0 Å². The summed E-state index contributed by atoms with van der Waals surface area (Å²) in [6.45, 7) is 1.62. The maximum Gasteiger partial charge on any atom is 0.260 e. The number of carbonyl (C=O) groups is 1. The summed E-state index contributed by atoms with van der Waals surface area (Å²) in [7, 11) is 0. The number of alkyl halides is 1. The molecule has 0 saturated heterocycles. The van der Waals surface area contributed by atoms with Crippen molar-refractivity contribution < 1.29 is 9.32 Å². The minimum absolute atomic E-state index is 0.263. The Bertz CT molecular complexity index is 635. The summed E-state index contributed by atoms with van der Waals surface area (Å²) in [5, 5.41) is 6.15. The van der Waals surface area contributed by atoms with Crippen LogP contribution >= 0.6 is 11.6 Å². The molecule has 1 amide bonds. The Morgan fingerprint density at radius 3 is 2.90 bits per heavy atom. The third-order valence-electron chi connectivity index (χ3n) is 3.16. The maximum absolute atomic E-state index is 11.7. The van der Waals surface area contributed by atoms with Crippen LogP contribution in [0.1, 0.15) is 31.5 Å². The average molecular weight is 292 g/mol. The first-order valence-corrected chi connectivity index (χ1v) is 6.96. The lowest BCUT2D eigenvalue weighted by molar-refractivity contribution is -0.115. The molecule has 1 fully saturated rings. The van der Waals surface area contributed by atoms with Gasteiger partial charge in [-0.25, -0.2) is 0 Å². The first-order valence-electron chi connectivity index (χ1n) is 6.53. The Balaban J connectivity index is 1.89. The number of benzene rings is 1. The number of para-hydroxylation sites is 1. The van der Waals surface area contributed by atoms with Crippen molar-refractivity contribution in [3.05, 3.63) is 30.1 Å². The molecule has 20 heavy (non-hydrogen) atoms. The van der Waals surface area contributed by atoms with Crippen LogP contribution in [0.25, 0.3) is 11.5 Å². The second-order valence-electron chi connectivity index (χ2n) is 4.88. The molecule has 3 rings (SSSR count). The van der Waals surface area contributed by atoms with Gasteiger partial charge < -0.3 is 9.84 Å². The van der Waals surface area contributed by atoms with Crippen molar-refractivity contribution in [2.24, 2.45) is 0 Å². The van der Waals surface area contributed by atoms with E-state index in [1.165, 1.54) is 0 Å². The third-order valence-corrected chi connectivity index (χ3v) is 3.36. The van der Waals surface area contributed by atoms with Crippen LogP contribution in [0, 0.1) is 0 Å². The zero-order valence-corrected chi connectivity index (χ0v) is 11.7. The van der Waals surface area contributed by atoms with E-state index in [0.29, 0.717) is 23.1 Å². The number of aromatic nitrogens is 2. The number of nitrogens with one attached hydrogen (secondary N) is 1. The number of carbonyl (C=O) groups excluding carboxylic acids is 1. The molecule has 1 aliphatic carbocycles. The van der Waals surface area contributed by atoms with Gasteiger partial charge in [0.15, 0.2) is 5.82 Å². The molecule has 0 bridgehead atoms. The summed E-state index contributed by atoms with van der Waals surface area (Å²) in [6, 6.07) is 7.30. The number of rotatable bonds is 4. The molecule has 0 aliphatic heterocycles. The van der Waals surface area contributed by atoms with Gasteiger partial charge in [-0.1, -0.05) is 17.3 Å².